The fourth-order valence-corrected chi connectivity index (χ4v) is 3.03. The molecule has 4 heteroatoms. The van der Waals surface area contributed by atoms with Gasteiger partial charge >= 0.3 is 0 Å². The van der Waals surface area contributed by atoms with Crippen molar-refractivity contribution in [1.29, 1.82) is 0 Å². The van der Waals surface area contributed by atoms with Crippen molar-refractivity contribution in [2.45, 2.75) is 31.1 Å². The van der Waals surface area contributed by atoms with Gasteiger partial charge in [-0.15, -0.1) is 0 Å². The van der Waals surface area contributed by atoms with Crippen LogP contribution < -0.4 is 4.74 Å². The third kappa shape index (κ3) is 2.24. The van der Waals surface area contributed by atoms with Crippen LogP contribution in [0.5, 0.6) is 5.75 Å². The third-order valence-corrected chi connectivity index (χ3v) is 4.27. The zero-order chi connectivity index (χ0) is 13.5. The van der Waals surface area contributed by atoms with Gasteiger partial charge in [-0.05, 0) is 42.9 Å². The zero-order valence-electron chi connectivity index (χ0n) is 11.1. The second-order valence-corrected chi connectivity index (χ2v) is 6.07. The molecule has 0 amide bonds. The first kappa shape index (κ1) is 12.1. The Bertz CT molecular complexity index is 706. The summed E-state index contributed by atoms with van der Waals surface area (Å²) in [5.74, 6) is 2.91. The largest absolute Gasteiger partial charge is 0.493 e. The van der Waals surface area contributed by atoms with Gasteiger partial charge in [-0.25, -0.2) is 4.98 Å². The number of H-pyrrole nitrogens is 1. The highest BCUT2D eigenvalue weighted by Gasteiger charge is 2.27. The summed E-state index contributed by atoms with van der Waals surface area (Å²) in [5, 5.41) is 0. The van der Waals surface area contributed by atoms with E-state index in [0.717, 1.165) is 18.0 Å². The first-order valence-corrected chi connectivity index (χ1v) is 7.52. The molecule has 1 fully saturated rings. The molecule has 3 nitrogen and oxygen atoms in total. The van der Waals surface area contributed by atoms with Gasteiger partial charge < -0.3 is 9.72 Å². The highest BCUT2D eigenvalue weighted by atomic mass is 32.1. The molecule has 4 rings (SSSR count). The van der Waals surface area contributed by atoms with Crippen LogP contribution >= 0.6 is 12.2 Å². The molecule has 1 aliphatic heterocycles. The van der Waals surface area contributed by atoms with Gasteiger partial charge in [0.2, 0.25) is 0 Å². The highest BCUT2D eigenvalue weighted by molar-refractivity contribution is 7.71. The minimum atomic E-state index is 0.269. The average Bonchev–Trinajstić information content (AvgIpc) is 3.31. The van der Waals surface area contributed by atoms with Gasteiger partial charge in [0.25, 0.3) is 0 Å². The summed E-state index contributed by atoms with van der Waals surface area (Å²) in [5.41, 5.74) is 2.50. The minimum absolute atomic E-state index is 0.269. The van der Waals surface area contributed by atoms with Crippen LogP contribution in [0.4, 0.5) is 0 Å². The van der Waals surface area contributed by atoms with Gasteiger partial charge in [0.1, 0.15) is 16.2 Å². The molecule has 1 aromatic carbocycles. The second kappa shape index (κ2) is 4.70. The van der Waals surface area contributed by atoms with E-state index in [1.807, 2.05) is 18.2 Å². The van der Waals surface area contributed by atoms with Gasteiger partial charge in [-0.3, -0.25) is 0 Å². The predicted molar refractivity (Wildman–Crippen MR) is 79.8 cm³/mol. The lowest BCUT2D eigenvalue weighted by Gasteiger charge is -2.25. The fourth-order valence-electron chi connectivity index (χ4n) is 2.81. The van der Waals surface area contributed by atoms with Crippen LogP contribution in [0.15, 0.2) is 30.3 Å². The predicted octanol–water partition coefficient (Wildman–Crippen LogP) is 3.74. The molecule has 0 bridgehead atoms. The Labute approximate surface area is 123 Å². The van der Waals surface area contributed by atoms with Crippen LogP contribution in [-0.2, 0) is 6.42 Å². The number of ether oxygens (including phenoxy) is 1. The number of rotatable bonds is 2. The molecule has 2 aromatic rings. The Hall–Kier alpha value is -1.68. The number of nitrogens with zero attached hydrogens (tertiary/aromatic N) is 1. The van der Waals surface area contributed by atoms with Crippen LogP contribution in [-0.4, -0.2) is 16.6 Å². The smallest absolute Gasteiger partial charge is 0.130 e. The summed E-state index contributed by atoms with van der Waals surface area (Å²) < 4.78 is 6.55. The summed E-state index contributed by atoms with van der Waals surface area (Å²) in [4.78, 5) is 8.01. The zero-order valence-corrected chi connectivity index (χ0v) is 12.0. The number of fused-ring (bicyclic) bond motifs is 1. The van der Waals surface area contributed by atoms with Crippen molar-refractivity contribution in [2.75, 3.05) is 6.61 Å². The Morgan fingerprint density at radius 3 is 2.90 bits per heavy atom. The van der Waals surface area contributed by atoms with Crippen molar-refractivity contribution in [3.8, 4) is 5.75 Å². The molecule has 102 valence electrons. The van der Waals surface area contributed by atoms with Gasteiger partial charge in [-0.1, -0.05) is 30.4 Å². The Balaban J connectivity index is 1.67. The van der Waals surface area contributed by atoms with E-state index in [-0.39, 0.29) is 5.92 Å². The first-order valence-electron chi connectivity index (χ1n) is 7.11. The number of nitrogens with one attached hydrogen (secondary N) is 1. The Kier molecular flexibility index (Phi) is 2.84. The maximum absolute atomic E-state index is 5.85. The van der Waals surface area contributed by atoms with Crippen molar-refractivity contribution < 1.29 is 4.74 Å². The van der Waals surface area contributed by atoms with Crippen molar-refractivity contribution in [3.05, 3.63) is 52.1 Å². The molecule has 1 aromatic heterocycles. The van der Waals surface area contributed by atoms with E-state index in [2.05, 4.69) is 22.1 Å². The number of aromatic amines is 1. The summed E-state index contributed by atoms with van der Waals surface area (Å²) in [7, 11) is 0. The normalized spacial score (nSPS) is 21.1. The quantitative estimate of drug-likeness (QED) is 0.854. The van der Waals surface area contributed by atoms with E-state index in [0.29, 0.717) is 17.2 Å². The van der Waals surface area contributed by atoms with E-state index in [1.54, 1.807) is 0 Å². The lowest BCUT2D eigenvalue weighted by molar-refractivity contribution is 0.257. The molecule has 1 unspecified atom stereocenters. The van der Waals surface area contributed by atoms with Gasteiger partial charge in [0, 0.05) is 5.69 Å². The van der Waals surface area contributed by atoms with Crippen LogP contribution in [0.1, 0.15) is 41.8 Å². The topological polar surface area (TPSA) is 37.9 Å². The number of para-hydroxylation sites is 1. The Morgan fingerprint density at radius 2 is 2.05 bits per heavy atom. The van der Waals surface area contributed by atoms with Crippen LogP contribution in [0.3, 0.4) is 0 Å². The monoisotopic (exact) mass is 284 g/mol. The molecular formula is C16H16N2OS. The lowest BCUT2D eigenvalue weighted by atomic mass is 9.96. The molecular weight excluding hydrogens is 268 g/mol. The van der Waals surface area contributed by atoms with Crippen molar-refractivity contribution in [3.63, 3.8) is 0 Å². The summed E-state index contributed by atoms with van der Waals surface area (Å²) in [6.07, 6.45) is 3.49. The van der Waals surface area contributed by atoms with E-state index in [9.17, 15) is 0 Å². The standard InChI is InChI=1S/C16H16N2OS/c20-15-8-13(10-5-6-10)17-16(18-15)12-7-11-3-1-2-4-14(11)19-9-12/h1-4,8,10,12H,5-7,9H2,(H,17,18,20). The molecule has 2 heterocycles. The van der Waals surface area contributed by atoms with Crippen molar-refractivity contribution >= 4 is 12.2 Å². The minimum Gasteiger partial charge on any atom is -0.493 e. The maximum Gasteiger partial charge on any atom is 0.130 e. The molecule has 20 heavy (non-hydrogen) atoms. The van der Waals surface area contributed by atoms with Crippen molar-refractivity contribution in [2.24, 2.45) is 0 Å². The number of hydrogen-bond donors (Lipinski definition) is 1. The van der Waals surface area contributed by atoms with Gasteiger partial charge in [-0.2, -0.15) is 0 Å². The molecule has 0 spiro atoms. The van der Waals surface area contributed by atoms with Crippen LogP contribution in [0.2, 0.25) is 0 Å². The summed E-state index contributed by atoms with van der Waals surface area (Å²) in [6.45, 7) is 0.670. The van der Waals surface area contributed by atoms with Crippen LogP contribution in [0, 0.1) is 4.64 Å². The molecule has 1 saturated carbocycles. The van der Waals surface area contributed by atoms with Gasteiger partial charge in [0.15, 0.2) is 0 Å². The third-order valence-electron chi connectivity index (χ3n) is 4.06. The molecule has 1 N–H and O–H groups in total. The molecule has 0 saturated heterocycles. The fraction of sp³-hybridized carbons (Fsp3) is 0.375. The highest BCUT2D eigenvalue weighted by Crippen LogP contribution is 2.39. The van der Waals surface area contributed by atoms with Gasteiger partial charge in [0.05, 0.1) is 12.5 Å². The Morgan fingerprint density at radius 1 is 1.20 bits per heavy atom. The first-order chi connectivity index (χ1) is 9.79. The van der Waals surface area contributed by atoms with E-state index in [1.165, 1.54) is 24.1 Å². The maximum atomic E-state index is 5.85. The lowest BCUT2D eigenvalue weighted by Crippen LogP contribution is -2.21. The summed E-state index contributed by atoms with van der Waals surface area (Å²) >= 11 is 5.31. The molecule has 0 radical (unpaired) electrons. The number of aromatic nitrogens is 2. The van der Waals surface area contributed by atoms with E-state index in [4.69, 9.17) is 17.0 Å². The molecule has 2 aliphatic rings. The van der Waals surface area contributed by atoms with Crippen molar-refractivity contribution in [1.82, 2.24) is 9.97 Å². The molecule has 1 atom stereocenters. The van der Waals surface area contributed by atoms with E-state index < -0.39 is 0 Å². The second-order valence-electron chi connectivity index (χ2n) is 5.65. The molecule has 1 aliphatic carbocycles. The SMILES string of the molecule is S=c1cc(C2CC2)[nH]c(C2COc3ccccc3C2)n1. The average molecular weight is 284 g/mol. The number of benzene rings is 1. The number of hydrogen-bond acceptors (Lipinski definition) is 3. The van der Waals surface area contributed by atoms with Crippen LogP contribution in [0.25, 0.3) is 0 Å². The summed E-state index contributed by atoms with van der Waals surface area (Å²) in [6, 6.07) is 10.2. The van der Waals surface area contributed by atoms with E-state index >= 15 is 0 Å².